The third-order valence-corrected chi connectivity index (χ3v) is 4.77. The van der Waals surface area contributed by atoms with Gasteiger partial charge >= 0.3 is 7.82 Å². The zero-order valence-electron chi connectivity index (χ0n) is 11.7. The first-order valence-electron chi connectivity index (χ1n) is 6.37. The number of nitrogens with one attached hydrogen (secondary N) is 1. The Labute approximate surface area is 135 Å². The molecule has 0 saturated heterocycles. The van der Waals surface area contributed by atoms with Gasteiger partial charge in [0.25, 0.3) is 0 Å². The Kier molecular flexibility index (Phi) is 5.84. The molecule has 7 nitrogen and oxygen atoms in total. The third-order valence-electron chi connectivity index (χ3n) is 2.70. The minimum Gasteiger partial charge on any atom is -0.302 e. The number of hydrogen-bond acceptors (Lipinski definition) is 5. The Morgan fingerprint density at radius 3 is 1.61 bits per heavy atom. The van der Waals surface area contributed by atoms with Crippen LogP contribution < -0.4 is 4.89 Å². The van der Waals surface area contributed by atoms with E-state index in [0.29, 0.717) is 0 Å². The van der Waals surface area contributed by atoms with Crippen molar-refractivity contribution >= 4 is 29.1 Å². The van der Waals surface area contributed by atoms with E-state index in [0.717, 1.165) is 0 Å². The summed E-state index contributed by atoms with van der Waals surface area (Å²) in [4.78, 5) is 44.5. The maximum absolute atomic E-state index is 12.5. The summed E-state index contributed by atoms with van der Waals surface area (Å²) in [5.41, 5.74) is 0.481. The smallest absolute Gasteiger partial charge is 0.302 e. The Morgan fingerprint density at radius 2 is 1.26 bits per heavy atom. The molecule has 2 aromatic carbocycles. The van der Waals surface area contributed by atoms with E-state index >= 15 is 0 Å². The highest BCUT2D eigenvalue weighted by molar-refractivity contribution is 8.40. The quantitative estimate of drug-likeness (QED) is 0.369. The molecule has 0 aliphatic carbocycles. The van der Waals surface area contributed by atoms with Crippen LogP contribution in [0.2, 0.25) is 0 Å². The van der Waals surface area contributed by atoms with Gasteiger partial charge in [-0.2, -0.15) is 4.62 Å². The van der Waals surface area contributed by atoms with Gasteiger partial charge in [0.2, 0.25) is 10.2 Å². The van der Waals surface area contributed by atoms with Crippen LogP contribution in [0.1, 0.15) is 20.7 Å². The third kappa shape index (κ3) is 5.11. The zero-order chi connectivity index (χ0) is 16.9. The molecule has 0 spiro atoms. The van der Waals surface area contributed by atoms with E-state index in [-0.39, 0.29) is 11.1 Å². The fraction of sp³-hybridized carbons (Fsp3) is 0. The number of thiol groups is 1. The van der Waals surface area contributed by atoms with E-state index in [2.05, 4.69) is 4.62 Å². The molecule has 0 unspecified atom stereocenters. The van der Waals surface area contributed by atoms with Crippen molar-refractivity contribution in [1.82, 2.24) is 4.89 Å². The molecule has 0 amide bonds. The number of benzene rings is 2. The average Bonchev–Trinajstić information content (AvgIpc) is 2.55. The lowest BCUT2D eigenvalue weighted by Gasteiger charge is -2.20. The van der Waals surface area contributed by atoms with Crippen LogP contribution in [0.4, 0.5) is 0 Å². The van der Waals surface area contributed by atoms with Gasteiger partial charge < -0.3 is 9.79 Å². The lowest BCUT2D eigenvalue weighted by atomic mass is 10.2. The Hall–Kier alpha value is -1.80. The number of hydrogen-bond donors (Lipinski definition) is 4. The van der Waals surface area contributed by atoms with Gasteiger partial charge in [-0.15, -0.1) is 4.89 Å². The minimum absolute atomic E-state index is 0.240. The van der Waals surface area contributed by atoms with E-state index in [1.165, 1.54) is 24.3 Å². The lowest BCUT2D eigenvalue weighted by molar-refractivity contribution is 0.104. The van der Waals surface area contributed by atoms with Gasteiger partial charge in [-0.1, -0.05) is 60.7 Å². The fourth-order valence-electron chi connectivity index (χ4n) is 1.69. The van der Waals surface area contributed by atoms with Crippen molar-refractivity contribution in [3.63, 3.8) is 0 Å². The second kappa shape index (κ2) is 7.65. The Balaban J connectivity index is 2.30. The monoisotopic (exact) mass is 355 g/mol. The van der Waals surface area contributed by atoms with E-state index in [1.807, 2.05) is 4.89 Å². The number of phosphoric acid groups is 1. The molecule has 0 aliphatic heterocycles. The second-order valence-corrected chi connectivity index (χ2v) is 7.18. The summed E-state index contributed by atoms with van der Waals surface area (Å²) in [5.74, 6) is 0. The van der Waals surface area contributed by atoms with Gasteiger partial charge in [-0.3, -0.25) is 9.59 Å². The molecule has 0 saturated carbocycles. The largest absolute Gasteiger partial charge is 0.486 e. The lowest BCUT2D eigenvalue weighted by Crippen LogP contribution is -2.22. The summed E-state index contributed by atoms with van der Waals surface area (Å²) in [6, 6.07) is 15.9. The molecule has 0 atom stereocenters. The molecule has 0 bridgehead atoms. The molecule has 2 aromatic rings. The van der Waals surface area contributed by atoms with Gasteiger partial charge in [0.15, 0.2) is 0 Å². The molecule has 0 aliphatic rings. The van der Waals surface area contributed by atoms with Crippen molar-refractivity contribution < 1.29 is 28.6 Å². The molecule has 3 N–H and O–H groups in total. The van der Waals surface area contributed by atoms with Crippen molar-refractivity contribution in [2.24, 2.45) is 0 Å². The fourth-order valence-corrected chi connectivity index (χ4v) is 3.61. The molecule has 23 heavy (non-hydrogen) atoms. The molecular weight excluding hydrogens is 341 g/mol. The van der Waals surface area contributed by atoms with Crippen molar-refractivity contribution in [2.75, 3.05) is 0 Å². The molecule has 122 valence electrons. The summed E-state index contributed by atoms with van der Waals surface area (Å²) >= 11 is -2.34. The van der Waals surface area contributed by atoms with E-state index in [1.54, 1.807) is 36.4 Å². The van der Waals surface area contributed by atoms with Gasteiger partial charge in [0, 0.05) is 11.1 Å². The zero-order valence-corrected chi connectivity index (χ0v) is 13.5. The molecular formula is C14H14NO6PS. The van der Waals surface area contributed by atoms with E-state index < -0.39 is 29.1 Å². The van der Waals surface area contributed by atoms with Crippen LogP contribution in [0.3, 0.4) is 0 Å². The van der Waals surface area contributed by atoms with Gasteiger partial charge in [0.1, 0.15) is 0 Å². The highest BCUT2D eigenvalue weighted by Gasteiger charge is 2.27. The van der Waals surface area contributed by atoms with Gasteiger partial charge in [-0.05, 0) is 11.1 Å². The normalized spacial score (nSPS) is 11.8. The van der Waals surface area contributed by atoms with E-state index in [9.17, 15) is 14.2 Å². The first-order valence-corrected chi connectivity index (χ1v) is 9.24. The summed E-state index contributed by atoms with van der Waals surface area (Å²) in [6.45, 7) is 0. The number of rotatable bonds is 5. The minimum atomic E-state index is -4.88. The van der Waals surface area contributed by atoms with Crippen molar-refractivity contribution in [2.45, 2.75) is 0 Å². The van der Waals surface area contributed by atoms with Gasteiger partial charge in [-0.25, -0.2) is 4.57 Å². The van der Waals surface area contributed by atoms with Crippen LogP contribution in [0.15, 0.2) is 60.7 Å². The molecule has 9 heteroatoms. The second-order valence-electron chi connectivity index (χ2n) is 4.35. The number of carbonyl (C=O) groups is 2. The Bertz CT molecular complexity index is 682. The molecule has 0 fully saturated rings. The predicted octanol–water partition coefficient (Wildman–Crippen LogP) is 2.20. The van der Waals surface area contributed by atoms with Crippen molar-refractivity contribution in [3.05, 3.63) is 71.8 Å². The predicted molar refractivity (Wildman–Crippen MR) is 86.8 cm³/mol. The summed E-state index contributed by atoms with van der Waals surface area (Å²) in [6.07, 6.45) is 0. The van der Waals surface area contributed by atoms with Crippen LogP contribution in [0, 0.1) is 0 Å². The summed E-state index contributed by atoms with van der Waals surface area (Å²) < 4.78 is 15.0. The SMILES string of the molecule is O=C(c1ccccc1)[SH](NOP(=O)(O)O)C(=O)c1ccccc1. The molecule has 0 aromatic heterocycles. The van der Waals surface area contributed by atoms with Crippen LogP contribution in [0.25, 0.3) is 0 Å². The molecule has 0 heterocycles. The first kappa shape index (κ1) is 17.6. The van der Waals surface area contributed by atoms with E-state index in [4.69, 9.17) is 9.79 Å². The molecule has 2 rings (SSSR count). The standard InChI is InChI=1S/C14H14NO6PS/c16-13(11-7-3-1-4-8-11)23(15-21-22(18,19)20)14(17)12-9-5-2-6-10-12/h1-10,15,23H,(H2,18,19,20). The Morgan fingerprint density at radius 1 is 0.870 bits per heavy atom. The maximum atomic E-state index is 12.5. The maximum Gasteiger partial charge on any atom is 0.486 e. The van der Waals surface area contributed by atoms with Crippen LogP contribution >= 0.6 is 18.9 Å². The van der Waals surface area contributed by atoms with Crippen LogP contribution in [-0.2, 0) is 9.19 Å². The summed E-state index contributed by atoms with van der Waals surface area (Å²) in [5, 5.41) is -1.19. The topological polar surface area (TPSA) is 113 Å². The molecule has 0 radical (unpaired) electrons. The summed E-state index contributed by atoms with van der Waals surface area (Å²) in [7, 11) is -4.88. The van der Waals surface area contributed by atoms with Crippen molar-refractivity contribution in [3.8, 4) is 0 Å². The highest BCUT2D eigenvalue weighted by Crippen LogP contribution is 2.39. The van der Waals surface area contributed by atoms with Gasteiger partial charge in [0.05, 0.1) is 0 Å². The van der Waals surface area contributed by atoms with Crippen LogP contribution in [0.5, 0.6) is 0 Å². The van der Waals surface area contributed by atoms with Crippen molar-refractivity contribution in [1.29, 1.82) is 0 Å². The first-order chi connectivity index (χ1) is 10.9. The van der Waals surface area contributed by atoms with Crippen LogP contribution in [-0.4, -0.2) is 20.0 Å². The highest BCUT2D eigenvalue weighted by atomic mass is 32.2. The average molecular weight is 355 g/mol. The number of carbonyl (C=O) groups excluding carboxylic acids is 2.